The number of piperidine rings is 1. The molecular formula is C21H27NO4. The molecule has 1 spiro atoms. The molecule has 0 bridgehead atoms. The lowest BCUT2D eigenvalue weighted by Crippen LogP contribution is -2.56. The molecule has 2 aromatic rings. The van der Waals surface area contributed by atoms with Crippen LogP contribution in [0.5, 0.6) is 0 Å². The molecule has 4 rings (SSSR count). The molecule has 5 nitrogen and oxygen atoms in total. The van der Waals surface area contributed by atoms with Crippen LogP contribution >= 0.6 is 0 Å². The van der Waals surface area contributed by atoms with Crippen molar-refractivity contribution in [3.63, 3.8) is 0 Å². The summed E-state index contributed by atoms with van der Waals surface area (Å²) in [6.45, 7) is 4.30. The Bertz CT molecular complexity index is 788. The number of methoxy groups -OCH3 is 1. The fourth-order valence-corrected chi connectivity index (χ4v) is 4.44. The number of hydrogen-bond donors (Lipinski definition) is 0. The maximum Gasteiger partial charge on any atom is 0.227 e. The Hall–Kier alpha value is -1.85. The third kappa shape index (κ3) is 3.14. The van der Waals surface area contributed by atoms with Crippen molar-refractivity contribution in [1.82, 2.24) is 4.90 Å². The highest BCUT2D eigenvalue weighted by Gasteiger charge is 2.45. The molecule has 1 aromatic carbocycles. The van der Waals surface area contributed by atoms with Gasteiger partial charge in [-0.2, -0.15) is 0 Å². The van der Waals surface area contributed by atoms with E-state index < -0.39 is 0 Å². The summed E-state index contributed by atoms with van der Waals surface area (Å²) in [5, 5.41) is 1.03. The molecule has 140 valence electrons. The van der Waals surface area contributed by atoms with Crippen LogP contribution in [0.15, 0.2) is 28.9 Å². The molecular weight excluding hydrogens is 330 g/mol. The summed E-state index contributed by atoms with van der Waals surface area (Å²) < 4.78 is 17.4. The van der Waals surface area contributed by atoms with Crippen molar-refractivity contribution in [2.45, 2.75) is 50.7 Å². The van der Waals surface area contributed by atoms with Gasteiger partial charge in [0.2, 0.25) is 5.91 Å². The molecule has 2 aliphatic heterocycles. The van der Waals surface area contributed by atoms with Gasteiger partial charge in [0.05, 0.1) is 24.4 Å². The van der Waals surface area contributed by atoms with E-state index in [1.165, 1.54) is 0 Å². The van der Waals surface area contributed by atoms with Gasteiger partial charge in [0.15, 0.2) is 0 Å². The number of amides is 1. The van der Waals surface area contributed by atoms with Crippen molar-refractivity contribution in [3.05, 3.63) is 35.6 Å². The average molecular weight is 357 g/mol. The van der Waals surface area contributed by atoms with Gasteiger partial charge < -0.3 is 18.8 Å². The number of hydrogen-bond acceptors (Lipinski definition) is 4. The van der Waals surface area contributed by atoms with Crippen molar-refractivity contribution in [3.8, 4) is 0 Å². The molecule has 0 aliphatic carbocycles. The number of furan rings is 1. The molecule has 3 heterocycles. The topological polar surface area (TPSA) is 51.9 Å². The van der Waals surface area contributed by atoms with E-state index in [1.54, 1.807) is 13.4 Å². The predicted octanol–water partition coefficient (Wildman–Crippen LogP) is 3.47. The third-order valence-corrected chi connectivity index (χ3v) is 5.99. The maximum atomic E-state index is 12.8. The van der Waals surface area contributed by atoms with Crippen LogP contribution in [0.3, 0.4) is 0 Å². The lowest BCUT2D eigenvalue weighted by atomic mass is 9.81. The molecule has 2 fully saturated rings. The summed E-state index contributed by atoms with van der Waals surface area (Å²) >= 11 is 0. The minimum Gasteiger partial charge on any atom is -0.464 e. The van der Waals surface area contributed by atoms with E-state index >= 15 is 0 Å². The Morgan fingerprint density at radius 2 is 2.15 bits per heavy atom. The number of likely N-dealkylation sites (tertiary alicyclic amines) is 1. The molecule has 1 amide bonds. The van der Waals surface area contributed by atoms with E-state index in [4.69, 9.17) is 13.9 Å². The first-order valence-electron chi connectivity index (χ1n) is 9.52. The van der Waals surface area contributed by atoms with Crippen molar-refractivity contribution in [2.24, 2.45) is 0 Å². The number of fused-ring (bicyclic) bond motifs is 1. The summed E-state index contributed by atoms with van der Waals surface area (Å²) in [4.78, 5) is 14.8. The van der Waals surface area contributed by atoms with Crippen molar-refractivity contribution < 1.29 is 18.7 Å². The molecule has 1 atom stereocenters. The highest BCUT2D eigenvalue weighted by atomic mass is 16.5. The monoisotopic (exact) mass is 357 g/mol. The van der Waals surface area contributed by atoms with Gasteiger partial charge in [0, 0.05) is 37.8 Å². The van der Waals surface area contributed by atoms with E-state index in [1.807, 2.05) is 24.0 Å². The minimum atomic E-state index is -0.205. The summed E-state index contributed by atoms with van der Waals surface area (Å²) in [5.41, 5.74) is 2.77. The number of carbonyl (C=O) groups excluding carboxylic acids is 1. The van der Waals surface area contributed by atoms with Crippen LogP contribution < -0.4 is 0 Å². The number of nitrogens with zero attached hydrogens (tertiary/aromatic N) is 1. The first-order chi connectivity index (χ1) is 12.6. The highest BCUT2D eigenvalue weighted by Crippen LogP contribution is 2.37. The van der Waals surface area contributed by atoms with Crippen molar-refractivity contribution in [1.29, 1.82) is 0 Å². The van der Waals surface area contributed by atoms with Gasteiger partial charge in [-0.25, -0.2) is 0 Å². The lowest BCUT2D eigenvalue weighted by Gasteiger charge is -2.48. The fraction of sp³-hybridized carbons (Fsp3) is 0.571. The van der Waals surface area contributed by atoms with Gasteiger partial charge in [-0.1, -0.05) is 12.1 Å². The number of carbonyl (C=O) groups is 1. The predicted molar refractivity (Wildman–Crippen MR) is 99.2 cm³/mol. The van der Waals surface area contributed by atoms with E-state index in [0.717, 1.165) is 67.5 Å². The zero-order valence-corrected chi connectivity index (χ0v) is 15.6. The number of ether oxygens (including phenoxy) is 2. The van der Waals surface area contributed by atoms with Crippen LogP contribution in [-0.2, 0) is 20.7 Å². The Balaban J connectivity index is 1.42. The van der Waals surface area contributed by atoms with Crippen LogP contribution in [0.2, 0.25) is 0 Å². The second-order valence-electron chi connectivity index (χ2n) is 7.60. The summed E-state index contributed by atoms with van der Waals surface area (Å²) in [6.07, 6.45) is 6.05. The Kier molecular flexibility index (Phi) is 4.76. The second-order valence-corrected chi connectivity index (χ2v) is 7.60. The zero-order chi connectivity index (χ0) is 18.1. The smallest absolute Gasteiger partial charge is 0.227 e. The van der Waals surface area contributed by atoms with Crippen LogP contribution in [0, 0.1) is 6.92 Å². The van der Waals surface area contributed by atoms with Crippen LogP contribution in [0.4, 0.5) is 0 Å². The van der Waals surface area contributed by atoms with Gasteiger partial charge in [-0.3, -0.25) is 4.79 Å². The Morgan fingerprint density at radius 1 is 1.35 bits per heavy atom. The maximum absolute atomic E-state index is 12.8. The molecule has 0 unspecified atom stereocenters. The number of aryl methyl sites for hydroxylation is 1. The summed E-state index contributed by atoms with van der Waals surface area (Å²) in [6, 6.07) is 6.11. The fourth-order valence-electron chi connectivity index (χ4n) is 4.44. The normalized spacial score (nSPS) is 22.8. The molecule has 0 radical (unpaired) electrons. The van der Waals surface area contributed by atoms with Gasteiger partial charge in [-0.15, -0.1) is 0 Å². The first kappa shape index (κ1) is 17.6. The van der Waals surface area contributed by atoms with Crippen LogP contribution in [-0.4, -0.2) is 49.3 Å². The minimum absolute atomic E-state index is 0.148. The first-order valence-corrected chi connectivity index (χ1v) is 9.52. The van der Waals surface area contributed by atoms with Gasteiger partial charge >= 0.3 is 0 Å². The standard InChI is InChI=1S/C21H27NO4/c1-15-5-6-17-16(14-25-18(17)12-15)13-20(23)22-9-7-21(8-10-22)19(24-2)4-3-11-26-21/h5-6,12,14,19H,3-4,7-11,13H2,1-2H3/t19-/m0/s1. The molecule has 5 heteroatoms. The number of benzene rings is 1. The number of rotatable bonds is 3. The third-order valence-electron chi connectivity index (χ3n) is 5.99. The average Bonchev–Trinajstić information content (AvgIpc) is 3.04. The molecule has 2 aliphatic rings. The van der Waals surface area contributed by atoms with E-state index in [0.29, 0.717) is 6.42 Å². The SMILES string of the molecule is CO[C@H]1CCCOC12CCN(C(=O)Cc1coc3cc(C)ccc13)CC2. The molecule has 0 N–H and O–H groups in total. The summed E-state index contributed by atoms with van der Waals surface area (Å²) in [5.74, 6) is 0.160. The van der Waals surface area contributed by atoms with Crippen molar-refractivity contribution in [2.75, 3.05) is 26.8 Å². The second kappa shape index (κ2) is 7.05. The van der Waals surface area contributed by atoms with Gasteiger partial charge in [0.25, 0.3) is 0 Å². The van der Waals surface area contributed by atoms with E-state index in [2.05, 4.69) is 6.07 Å². The lowest BCUT2D eigenvalue weighted by molar-refractivity contribution is -0.188. The van der Waals surface area contributed by atoms with Gasteiger partial charge in [0.1, 0.15) is 5.58 Å². The van der Waals surface area contributed by atoms with E-state index in [-0.39, 0.29) is 17.6 Å². The van der Waals surface area contributed by atoms with Crippen LogP contribution in [0.1, 0.15) is 36.8 Å². The summed E-state index contributed by atoms with van der Waals surface area (Å²) in [7, 11) is 1.77. The Labute approximate surface area is 154 Å². The quantitative estimate of drug-likeness (QED) is 0.844. The van der Waals surface area contributed by atoms with Gasteiger partial charge in [-0.05, 0) is 44.2 Å². The van der Waals surface area contributed by atoms with E-state index in [9.17, 15) is 4.79 Å². The molecule has 1 aromatic heterocycles. The zero-order valence-electron chi connectivity index (χ0n) is 15.6. The largest absolute Gasteiger partial charge is 0.464 e. The Morgan fingerprint density at radius 3 is 2.92 bits per heavy atom. The molecule has 0 saturated carbocycles. The van der Waals surface area contributed by atoms with Crippen molar-refractivity contribution >= 4 is 16.9 Å². The highest BCUT2D eigenvalue weighted by molar-refractivity contribution is 5.88. The molecule has 26 heavy (non-hydrogen) atoms. The van der Waals surface area contributed by atoms with Crippen LogP contribution in [0.25, 0.3) is 11.0 Å². The molecule has 2 saturated heterocycles.